The van der Waals surface area contributed by atoms with Gasteiger partial charge in [0.15, 0.2) is 0 Å². The van der Waals surface area contributed by atoms with Gasteiger partial charge in [0.25, 0.3) is 0 Å². The SMILES string of the molecule is OCCOCCOCCOCCO.OCCOCCOCCOCCOCCO. The average molecular weight is 433 g/mol. The molecular weight excluding hydrogens is 392 g/mol. The number of hydrogen-bond acceptors (Lipinski definition) is 11. The summed E-state index contributed by atoms with van der Waals surface area (Å²) in [5.74, 6) is 0. The zero-order chi connectivity index (χ0) is 21.7. The quantitative estimate of drug-likeness (QED) is 0.134. The predicted molar refractivity (Wildman–Crippen MR) is 104 cm³/mol. The van der Waals surface area contributed by atoms with Crippen LogP contribution in [-0.4, -0.2) is 139 Å². The molecule has 0 radical (unpaired) electrons. The van der Waals surface area contributed by atoms with Gasteiger partial charge in [0, 0.05) is 0 Å². The van der Waals surface area contributed by atoms with Gasteiger partial charge in [-0.1, -0.05) is 0 Å². The maximum Gasteiger partial charge on any atom is 0.0701 e. The molecule has 0 aliphatic heterocycles. The molecule has 0 amide bonds. The van der Waals surface area contributed by atoms with Crippen LogP contribution in [0.4, 0.5) is 0 Å². The van der Waals surface area contributed by atoms with Gasteiger partial charge in [-0.3, -0.25) is 0 Å². The first-order chi connectivity index (χ1) is 14.3. The van der Waals surface area contributed by atoms with Crippen molar-refractivity contribution in [3.8, 4) is 0 Å². The third kappa shape index (κ3) is 35.4. The summed E-state index contributed by atoms with van der Waals surface area (Å²) in [7, 11) is 0. The number of aliphatic hydroxyl groups excluding tert-OH is 4. The molecule has 0 aromatic rings. The molecular formula is C18H40O11. The van der Waals surface area contributed by atoms with Crippen molar-refractivity contribution < 1.29 is 53.6 Å². The summed E-state index contributed by atoms with van der Waals surface area (Å²) in [4.78, 5) is 0. The van der Waals surface area contributed by atoms with E-state index in [-0.39, 0.29) is 26.4 Å². The minimum Gasteiger partial charge on any atom is -0.394 e. The summed E-state index contributed by atoms with van der Waals surface area (Å²) in [6.07, 6.45) is 0. The average Bonchev–Trinajstić information content (AvgIpc) is 2.74. The van der Waals surface area contributed by atoms with Crippen molar-refractivity contribution in [1.82, 2.24) is 0 Å². The van der Waals surface area contributed by atoms with Crippen molar-refractivity contribution in [3.05, 3.63) is 0 Å². The zero-order valence-corrected chi connectivity index (χ0v) is 17.4. The highest BCUT2D eigenvalue weighted by molar-refractivity contribution is 4.35. The largest absolute Gasteiger partial charge is 0.394 e. The monoisotopic (exact) mass is 432 g/mol. The van der Waals surface area contributed by atoms with Crippen LogP contribution in [0.2, 0.25) is 0 Å². The van der Waals surface area contributed by atoms with Crippen LogP contribution in [0, 0.1) is 0 Å². The Morgan fingerprint density at radius 2 is 0.379 bits per heavy atom. The fourth-order valence-corrected chi connectivity index (χ4v) is 1.56. The molecule has 0 bridgehead atoms. The van der Waals surface area contributed by atoms with Crippen molar-refractivity contribution in [2.24, 2.45) is 0 Å². The molecule has 0 fully saturated rings. The molecule has 29 heavy (non-hydrogen) atoms. The van der Waals surface area contributed by atoms with E-state index in [1.807, 2.05) is 0 Å². The summed E-state index contributed by atoms with van der Waals surface area (Å²) >= 11 is 0. The normalized spacial score (nSPS) is 10.8. The Labute approximate surface area is 173 Å². The van der Waals surface area contributed by atoms with E-state index < -0.39 is 0 Å². The van der Waals surface area contributed by atoms with E-state index in [9.17, 15) is 0 Å². The van der Waals surface area contributed by atoms with Gasteiger partial charge in [-0.25, -0.2) is 0 Å². The Hall–Kier alpha value is -0.440. The van der Waals surface area contributed by atoms with Crippen LogP contribution in [0.3, 0.4) is 0 Å². The minimum atomic E-state index is 0.0386. The molecule has 0 unspecified atom stereocenters. The summed E-state index contributed by atoms with van der Waals surface area (Å²) in [6, 6.07) is 0. The number of aliphatic hydroxyl groups is 4. The van der Waals surface area contributed by atoms with Crippen LogP contribution in [0.15, 0.2) is 0 Å². The van der Waals surface area contributed by atoms with E-state index in [1.165, 1.54) is 0 Å². The Morgan fingerprint density at radius 3 is 0.517 bits per heavy atom. The van der Waals surface area contributed by atoms with E-state index in [4.69, 9.17) is 53.6 Å². The Bertz CT molecular complexity index is 236. The molecule has 0 aromatic carbocycles. The molecule has 0 aliphatic carbocycles. The molecule has 0 saturated carbocycles. The Balaban J connectivity index is 0. The van der Waals surface area contributed by atoms with Gasteiger partial charge in [0.05, 0.1) is 119 Å². The van der Waals surface area contributed by atoms with E-state index in [1.54, 1.807) is 0 Å². The van der Waals surface area contributed by atoms with Crippen molar-refractivity contribution in [3.63, 3.8) is 0 Å². The zero-order valence-electron chi connectivity index (χ0n) is 17.4. The summed E-state index contributed by atoms with van der Waals surface area (Å²) < 4.78 is 35.4. The van der Waals surface area contributed by atoms with Gasteiger partial charge in [-0.15, -0.1) is 0 Å². The molecule has 0 rings (SSSR count). The van der Waals surface area contributed by atoms with Crippen LogP contribution in [0.25, 0.3) is 0 Å². The molecule has 178 valence electrons. The van der Waals surface area contributed by atoms with Crippen molar-refractivity contribution in [2.75, 3.05) is 119 Å². The predicted octanol–water partition coefficient (Wildman–Crippen LogP) is -1.94. The highest BCUT2D eigenvalue weighted by atomic mass is 16.6. The molecule has 0 atom stereocenters. The summed E-state index contributed by atoms with van der Waals surface area (Å²) in [6.45, 7) is 6.55. The highest BCUT2D eigenvalue weighted by Crippen LogP contribution is 1.82. The molecule has 0 aromatic heterocycles. The van der Waals surface area contributed by atoms with Gasteiger partial charge < -0.3 is 53.6 Å². The number of hydrogen-bond donors (Lipinski definition) is 4. The second kappa shape index (κ2) is 32.2. The molecule has 0 spiro atoms. The van der Waals surface area contributed by atoms with Crippen molar-refractivity contribution in [1.29, 1.82) is 0 Å². The molecule has 4 N–H and O–H groups in total. The lowest BCUT2D eigenvalue weighted by Crippen LogP contribution is -2.13. The number of ether oxygens (including phenoxy) is 7. The van der Waals surface area contributed by atoms with Crippen LogP contribution < -0.4 is 0 Å². The first-order valence-corrected chi connectivity index (χ1v) is 9.81. The molecule has 11 heteroatoms. The lowest BCUT2D eigenvalue weighted by atomic mass is 10.7. The highest BCUT2D eigenvalue weighted by Gasteiger charge is 1.92. The summed E-state index contributed by atoms with van der Waals surface area (Å²) in [5, 5.41) is 33.5. The fraction of sp³-hybridized carbons (Fsp3) is 1.00. The Morgan fingerprint density at radius 1 is 0.241 bits per heavy atom. The first-order valence-electron chi connectivity index (χ1n) is 9.81. The van der Waals surface area contributed by atoms with E-state index >= 15 is 0 Å². The van der Waals surface area contributed by atoms with Crippen LogP contribution in [-0.2, 0) is 33.2 Å². The second-order valence-corrected chi connectivity index (χ2v) is 5.18. The van der Waals surface area contributed by atoms with Gasteiger partial charge >= 0.3 is 0 Å². The van der Waals surface area contributed by atoms with E-state index in [2.05, 4.69) is 0 Å². The molecule has 11 nitrogen and oxygen atoms in total. The number of rotatable bonds is 23. The molecule has 0 saturated heterocycles. The van der Waals surface area contributed by atoms with Gasteiger partial charge in [-0.2, -0.15) is 0 Å². The standard InChI is InChI=1S/C10H22O6.C8H18O5/c11-1-3-13-5-7-15-9-10-16-8-6-14-4-2-12;9-1-3-11-5-7-13-8-6-12-4-2-10/h11-12H,1-10H2;9-10H,1-8H2. The Kier molecular flexibility index (Phi) is 34.2. The van der Waals surface area contributed by atoms with E-state index in [0.717, 1.165) is 0 Å². The van der Waals surface area contributed by atoms with Crippen LogP contribution >= 0.6 is 0 Å². The second-order valence-electron chi connectivity index (χ2n) is 5.18. The van der Waals surface area contributed by atoms with Gasteiger partial charge in [0.2, 0.25) is 0 Å². The third-order valence-corrected chi connectivity index (χ3v) is 2.80. The molecule has 0 heterocycles. The smallest absolute Gasteiger partial charge is 0.0701 e. The maximum atomic E-state index is 8.41. The first kappa shape index (κ1) is 30.8. The van der Waals surface area contributed by atoms with Crippen LogP contribution in [0.1, 0.15) is 0 Å². The van der Waals surface area contributed by atoms with Gasteiger partial charge in [0.1, 0.15) is 0 Å². The van der Waals surface area contributed by atoms with Crippen LogP contribution in [0.5, 0.6) is 0 Å². The van der Waals surface area contributed by atoms with E-state index in [0.29, 0.717) is 92.5 Å². The summed E-state index contributed by atoms with van der Waals surface area (Å²) in [5.41, 5.74) is 0. The fourth-order valence-electron chi connectivity index (χ4n) is 1.56. The van der Waals surface area contributed by atoms with Gasteiger partial charge in [-0.05, 0) is 0 Å². The lowest BCUT2D eigenvalue weighted by Gasteiger charge is -2.06. The lowest BCUT2D eigenvalue weighted by molar-refractivity contribution is -0.00856. The topological polar surface area (TPSA) is 146 Å². The molecule has 0 aliphatic rings. The maximum absolute atomic E-state index is 8.41. The minimum absolute atomic E-state index is 0.0386. The van der Waals surface area contributed by atoms with Crippen molar-refractivity contribution in [2.45, 2.75) is 0 Å². The third-order valence-electron chi connectivity index (χ3n) is 2.80. The van der Waals surface area contributed by atoms with Crippen molar-refractivity contribution >= 4 is 0 Å².